The van der Waals surface area contributed by atoms with Gasteiger partial charge in [0.25, 0.3) is 5.91 Å². The third-order valence-corrected chi connectivity index (χ3v) is 10.1. The molecule has 0 aromatic heterocycles. The van der Waals surface area contributed by atoms with Crippen molar-refractivity contribution < 1.29 is 27.9 Å². The van der Waals surface area contributed by atoms with E-state index in [1.807, 2.05) is 18.2 Å². The van der Waals surface area contributed by atoms with Crippen LogP contribution >= 0.6 is 11.6 Å². The first-order chi connectivity index (χ1) is 19.6. The number of nitrogens with one attached hydrogen (secondary N) is 1. The molecule has 2 N–H and O–H groups in total. The molecule has 2 heterocycles. The van der Waals surface area contributed by atoms with Crippen molar-refractivity contribution in [2.75, 3.05) is 36.8 Å². The lowest BCUT2D eigenvalue weighted by Crippen LogP contribution is -2.45. The van der Waals surface area contributed by atoms with Crippen LogP contribution in [0.2, 0.25) is 5.02 Å². The molecule has 9 nitrogen and oxygen atoms in total. The van der Waals surface area contributed by atoms with E-state index in [1.165, 1.54) is 11.8 Å². The summed E-state index contributed by atoms with van der Waals surface area (Å²) in [6, 6.07) is 10.8. The summed E-state index contributed by atoms with van der Waals surface area (Å²) in [6.07, 6.45) is 4.36. The van der Waals surface area contributed by atoms with E-state index in [-0.39, 0.29) is 36.4 Å². The number of rotatable bonds is 0. The molecule has 0 saturated heterocycles. The lowest BCUT2D eigenvalue weighted by Gasteiger charge is -2.43. The molecule has 1 fully saturated rings. The van der Waals surface area contributed by atoms with E-state index < -0.39 is 27.8 Å². The van der Waals surface area contributed by atoms with Crippen LogP contribution in [0.15, 0.2) is 36.4 Å². The molecule has 0 unspecified atom stereocenters. The van der Waals surface area contributed by atoms with Crippen LogP contribution in [0, 0.1) is 11.8 Å². The van der Waals surface area contributed by atoms with Crippen molar-refractivity contribution in [3.8, 4) is 5.75 Å². The van der Waals surface area contributed by atoms with E-state index in [0.29, 0.717) is 36.9 Å². The molecule has 3 aliphatic rings. The number of sulfonamides is 1. The van der Waals surface area contributed by atoms with Crippen molar-refractivity contribution in [3.05, 3.63) is 58.1 Å². The van der Waals surface area contributed by atoms with Gasteiger partial charge in [-0.25, -0.2) is 13.1 Å². The number of benzene rings is 2. The Kier molecular flexibility index (Phi) is 9.11. The van der Waals surface area contributed by atoms with Gasteiger partial charge < -0.3 is 19.6 Å². The van der Waals surface area contributed by atoms with Gasteiger partial charge >= 0.3 is 0 Å². The maximum Gasteiger partial charge on any atom is 0.264 e. The number of halogens is 1. The Hall–Kier alpha value is -2.82. The lowest BCUT2D eigenvalue weighted by molar-refractivity contribution is -0.129. The Morgan fingerprint density at radius 2 is 1.88 bits per heavy atom. The highest BCUT2D eigenvalue weighted by Crippen LogP contribution is 2.41. The van der Waals surface area contributed by atoms with Gasteiger partial charge in [-0.15, -0.1) is 0 Å². The smallest absolute Gasteiger partial charge is 0.264 e. The number of nitrogens with zero attached hydrogens (tertiary/aromatic N) is 2. The van der Waals surface area contributed by atoms with Crippen molar-refractivity contribution in [1.29, 1.82) is 0 Å². The molecule has 2 aromatic carbocycles. The zero-order chi connectivity index (χ0) is 29.1. The van der Waals surface area contributed by atoms with Gasteiger partial charge in [-0.1, -0.05) is 17.7 Å². The number of hydrogen-bond acceptors (Lipinski definition) is 7. The summed E-state index contributed by atoms with van der Waals surface area (Å²) < 4.78 is 34.1. The van der Waals surface area contributed by atoms with Gasteiger partial charge in [0.15, 0.2) is 0 Å². The van der Waals surface area contributed by atoms with Gasteiger partial charge in [0, 0.05) is 43.7 Å². The minimum atomic E-state index is -4.01. The maximum absolute atomic E-state index is 13.1. The molecule has 0 radical (unpaired) electrons. The summed E-state index contributed by atoms with van der Waals surface area (Å²) in [7, 11) is -4.01. The number of aliphatic hydroxyl groups is 1. The van der Waals surface area contributed by atoms with E-state index in [1.54, 1.807) is 18.2 Å². The number of carbonyl (C=O) groups excluding carboxylic acids is 2. The van der Waals surface area contributed by atoms with Gasteiger partial charge in [0.1, 0.15) is 12.4 Å². The van der Waals surface area contributed by atoms with E-state index in [4.69, 9.17) is 16.3 Å². The fraction of sp³-hybridized carbons (Fsp3) is 0.533. The van der Waals surface area contributed by atoms with Crippen LogP contribution in [0.1, 0.15) is 60.5 Å². The molecule has 11 heteroatoms. The standard InChI is InChI=1S/C30H38ClN3O6S/c1-20(35)33-13-11-28(36)26-9-6-23(26)18-34-12-3-2-4-21-16-25(31)8-5-24(21)19-40-29-10-7-22(17-27(29)34)30(37)32-41(38,39)15-14-33/h5,7-8,10,16-17,23,26,28,36H,2-4,6,9,11-15,18-19H2,1H3,(H,32,37)/t23-,26+,28-/m0/s1. The minimum Gasteiger partial charge on any atom is -0.487 e. The predicted molar refractivity (Wildman–Crippen MR) is 158 cm³/mol. The summed E-state index contributed by atoms with van der Waals surface area (Å²) in [6.45, 7) is 3.31. The van der Waals surface area contributed by atoms with Gasteiger partial charge in [0.2, 0.25) is 15.9 Å². The van der Waals surface area contributed by atoms with Gasteiger partial charge in [-0.2, -0.15) is 0 Å². The third kappa shape index (κ3) is 7.16. The molecule has 3 atom stereocenters. The Labute approximate surface area is 246 Å². The number of aliphatic hydroxyl groups excluding tert-OH is 1. The second kappa shape index (κ2) is 12.6. The van der Waals surface area contributed by atoms with E-state index in [0.717, 1.165) is 48.9 Å². The highest BCUT2D eigenvalue weighted by molar-refractivity contribution is 7.90. The van der Waals surface area contributed by atoms with Crippen LogP contribution in [0.4, 0.5) is 5.69 Å². The molecule has 1 aliphatic carbocycles. The van der Waals surface area contributed by atoms with Crippen LogP contribution in [0.25, 0.3) is 0 Å². The maximum atomic E-state index is 13.1. The fourth-order valence-corrected chi connectivity index (χ4v) is 7.26. The number of hydrogen-bond donors (Lipinski definition) is 2. The molecule has 5 rings (SSSR count). The summed E-state index contributed by atoms with van der Waals surface area (Å²) >= 11 is 6.28. The molecule has 41 heavy (non-hydrogen) atoms. The summed E-state index contributed by atoms with van der Waals surface area (Å²) in [5.74, 6) is -0.457. The number of anilines is 1. The fourth-order valence-electron chi connectivity index (χ4n) is 6.10. The second-order valence-electron chi connectivity index (χ2n) is 11.4. The SMILES string of the molecule is CC(=O)N1CC[C@H](O)[C@@H]2CC[C@H]2CN2CCCCc3cc(Cl)ccc3COc3ccc(cc32)C(=O)NS(=O)(=O)CC1. The van der Waals surface area contributed by atoms with Crippen molar-refractivity contribution in [1.82, 2.24) is 9.62 Å². The monoisotopic (exact) mass is 603 g/mol. The molecule has 2 aliphatic heterocycles. The van der Waals surface area contributed by atoms with E-state index in [9.17, 15) is 23.1 Å². The zero-order valence-electron chi connectivity index (χ0n) is 23.4. The van der Waals surface area contributed by atoms with E-state index >= 15 is 0 Å². The van der Waals surface area contributed by atoms with Crippen LogP contribution < -0.4 is 14.4 Å². The van der Waals surface area contributed by atoms with Crippen LogP contribution in [-0.4, -0.2) is 68.3 Å². The summed E-state index contributed by atoms with van der Waals surface area (Å²) in [5, 5.41) is 11.8. The normalized spacial score (nSPS) is 25.3. The molecule has 2 aromatic rings. The van der Waals surface area contributed by atoms with Crippen LogP contribution in [0.5, 0.6) is 5.75 Å². The van der Waals surface area contributed by atoms with Crippen molar-refractivity contribution >= 4 is 39.1 Å². The number of carbonyl (C=O) groups is 2. The highest BCUT2D eigenvalue weighted by atomic mass is 35.5. The average molecular weight is 604 g/mol. The molecule has 2 amide bonds. The van der Waals surface area contributed by atoms with Gasteiger partial charge in [-0.05, 0) is 91.8 Å². The molecule has 0 spiro atoms. The number of aryl methyl sites for hydroxylation is 1. The topological polar surface area (TPSA) is 116 Å². The molecular weight excluding hydrogens is 566 g/mol. The number of amides is 2. The summed E-state index contributed by atoms with van der Waals surface area (Å²) in [4.78, 5) is 29.0. The van der Waals surface area contributed by atoms with Crippen molar-refractivity contribution in [2.45, 2.75) is 58.2 Å². The highest BCUT2D eigenvalue weighted by Gasteiger charge is 2.38. The van der Waals surface area contributed by atoms with Gasteiger partial charge in [-0.3, -0.25) is 9.59 Å². The average Bonchev–Trinajstić information content (AvgIpc) is 2.93. The molecule has 2 bridgehead atoms. The predicted octanol–water partition coefficient (Wildman–Crippen LogP) is 3.76. The quantitative estimate of drug-likeness (QED) is 0.471. The number of ether oxygens (including phenoxy) is 1. The largest absolute Gasteiger partial charge is 0.487 e. The van der Waals surface area contributed by atoms with Crippen molar-refractivity contribution in [2.24, 2.45) is 11.8 Å². The van der Waals surface area contributed by atoms with Crippen molar-refractivity contribution in [3.63, 3.8) is 0 Å². The molecular formula is C30H38ClN3O6S. The first-order valence-corrected chi connectivity index (χ1v) is 16.4. The summed E-state index contributed by atoms with van der Waals surface area (Å²) in [5.41, 5.74) is 3.16. The number of fused-ring (bicyclic) bond motifs is 3. The first-order valence-electron chi connectivity index (χ1n) is 14.4. The third-order valence-electron chi connectivity index (χ3n) is 8.68. The Morgan fingerprint density at radius 3 is 2.63 bits per heavy atom. The lowest BCUT2D eigenvalue weighted by atomic mass is 9.69. The minimum absolute atomic E-state index is 0.0583. The second-order valence-corrected chi connectivity index (χ2v) is 13.7. The first kappa shape index (κ1) is 29.7. The Balaban J connectivity index is 1.50. The molecule has 1 saturated carbocycles. The zero-order valence-corrected chi connectivity index (χ0v) is 24.9. The Morgan fingerprint density at radius 1 is 1.05 bits per heavy atom. The van der Waals surface area contributed by atoms with E-state index in [2.05, 4.69) is 9.62 Å². The van der Waals surface area contributed by atoms with Crippen LogP contribution in [0.3, 0.4) is 0 Å². The molecule has 222 valence electrons. The Bertz CT molecular complexity index is 1400. The van der Waals surface area contributed by atoms with Gasteiger partial charge in [0.05, 0.1) is 17.5 Å². The van der Waals surface area contributed by atoms with Crippen LogP contribution in [-0.2, 0) is 27.8 Å².